The summed E-state index contributed by atoms with van der Waals surface area (Å²) in [7, 11) is -4.72. The van der Waals surface area contributed by atoms with Crippen LogP contribution in [0.15, 0.2) is 29.2 Å². The third-order valence-electron chi connectivity index (χ3n) is 4.75. The molecule has 1 aliphatic heterocycles. The summed E-state index contributed by atoms with van der Waals surface area (Å²) in [5.74, 6) is 0. The van der Waals surface area contributed by atoms with Crippen LogP contribution in [-0.2, 0) is 14.7 Å². The minimum absolute atomic E-state index is 0.210. The molecule has 0 radical (unpaired) electrons. The summed E-state index contributed by atoms with van der Waals surface area (Å²) in [6.07, 6.45) is 1.77. The van der Waals surface area contributed by atoms with E-state index in [1.165, 1.54) is 28.6 Å². The van der Waals surface area contributed by atoms with Gasteiger partial charge in [0.25, 0.3) is 0 Å². The van der Waals surface area contributed by atoms with Crippen molar-refractivity contribution in [1.82, 2.24) is 4.31 Å². The first-order valence-corrected chi connectivity index (χ1v) is 9.57. The SMILES string of the molecule is CC(C)(O)C(C)(C)OB(O)c1ccc(S(=O)(=O)N2CCCC2)cc1. The molecule has 0 saturated carbocycles. The highest BCUT2D eigenvalue weighted by molar-refractivity contribution is 7.89. The topological polar surface area (TPSA) is 87.1 Å². The summed E-state index contributed by atoms with van der Waals surface area (Å²) in [5, 5.41) is 20.3. The lowest BCUT2D eigenvalue weighted by Crippen LogP contribution is -2.53. The lowest BCUT2D eigenvalue weighted by molar-refractivity contribution is -0.0982. The molecule has 0 aliphatic carbocycles. The largest absolute Gasteiger partial charge is 0.491 e. The highest BCUT2D eigenvalue weighted by atomic mass is 32.2. The van der Waals surface area contributed by atoms with E-state index in [0.29, 0.717) is 18.6 Å². The van der Waals surface area contributed by atoms with Crippen molar-refractivity contribution in [3.8, 4) is 0 Å². The van der Waals surface area contributed by atoms with Gasteiger partial charge in [0, 0.05) is 13.1 Å². The molecule has 0 amide bonds. The zero-order chi connectivity index (χ0) is 18.2. The maximum absolute atomic E-state index is 12.5. The number of sulfonamides is 1. The zero-order valence-corrected chi connectivity index (χ0v) is 15.5. The fourth-order valence-corrected chi connectivity index (χ4v) is 3.89. The summed E-state index contributed by atoms with van der Waals surface area (Å²) >= 11 is 0. The first kappa shape index (κ1) is 19.4. The number of aliphatic hydroxyl groups is 1. The monoisotopic (exact) mass is 355 g/mol. The van der Waals surface area contributed by atoms with Crippen LogP contribution in [0.2, 0.25) is 0 Å². The molecule has 134 valence electrons. The van der Waals surface area contributed by atoms with E-state index in [0.717, 1.165) is 12.8 Å². The zero-order valence-electron chi connectivity index (χ0n) is 14.7. The first-order valence-electron chi connectivity index (χ1n) is 8.13. The normalized spacial score (nSPS) is 17.2. The standard InChI is InChI=1S/C16H26BNO5S/c1-15(2,19)16(3,4)23-17(20)13-7-9-14(10-8-13)24(21,22)18-11-5-6-12-18/h7-10,19-20H,5-6,11-12H2,1-4H3. The molecule has 1 aromatic carbocycles. The molecule has 0 spiro atoms. The Balaban J connectivity index is 2.14. The minimum atomic E-state index is -3.47. The molecule has 0 aromatic heterocycles. The van der Waals surface area contributed by atoms with Gasteiger partial charge in [-0.15, -0.1) is 0 Å². The third kappa shape index (κ3) is 4.00. The molecule has 1 fully saturated rings. The van der Waals surface area contributed by atoms with E-state index in [-0.39, 0.29) is 4.90 Å². The van der Waals surface area contributed by atoms with Gasteiger partial charge in [-0.2, -0.15) is 4.31 Å². The van der Waals surface area contributed by atoms with Crippen LogP contribution in [0.1, 0.15) is 40.5 Å². The third-order valence-corrected chi connectivity index (χ3v) is 6.66. The van der Waals surface area contributed by atoms with Crippen LogP contribution < -0.4 is 5.46 Å². The molecule has 1 saturated heterocycles. The van der Waals surface area contributed by atoms with Gasteiger partial charge in [-0.1, -0.05) is 12.1 Å². The predicted octanol–water partition coefficient (Wildman–Crippen LogP) is 0.725. The number of benzene rings is 1. The number of nitrogens with zero attached hydrogens (tertiary/aromatic N) is 1. The van der Waals surface area contributed by atoms with E-state index in [1.807, 2.05) is 0 Å². The van der Waals surface area contributed by atoms with Gasteiger partial charge in [-0.05, 0) is 58.1 Å². The van der Waals surface area contributed by atoms with E-state index in [2.05, 4.69) is 0 Å². The second-order valence-electron chi connectivity index (χ2n) is 7.22. The Hall–Kier alpha value is -0.925. The Morgan fingerprint density at radius 2 is 1.58 bits per heavy atom. The molecule has 0 unspecified atom stereocenters. The molecule has 2 rings (SSSR count). The second kappa shape index (κ2) is 6.76. The van der Waals surface area contributed by atoms with Crippen molar-refractivity contribution in [1.29, 1.82) is 0 Å². The molecule has 1 aliphatic rings. The molecular formula is C16H26BNO5S. The number of hydrogen-bond acceptors (Lipinski definition) is 5. The van der Waals surface area contributed by atoms with Crippen LogP contribution in [-0.4, -0.2) is 54.3 Å². The van der Waals surface area contributed by atoms with E-state index in [1.54, 1.807) is 27.7 Å². The lowest BCUT2D eigenvalue weighted by atomic mass is 9.76. The van der Waals surface area contributed by atoms with Gasteiger partial charge in [0.05, 0.1) is 16.1 Å². The molecule has 8 heteroatoms. The predicted molar refractivity (Wildman–Crippen MR) is 93.5 cm³/mol. The first-order chi connectivity index (χ1) is 10.9. The summed E-state index contributed by atoms with van der Waals surface area (Å²) in [5.41, 5.74) is -1.69. The van der Waals surface area contributed by atoms with Gasteiger partial charge in [-0.25, -0.2) is 8.42 Å². The maximum Gasteiger partial charge on any atom is 0.491 e. The highest BCUT2D eigenvalue weighted by Gasteiger charge is 2.39. The Bertz CT molecular complexity index is 661. The van der Waals surface area contributed by atoms with Crippen LogP contribution >= 0.6 is 0 Å². The average Bonchev–Trinajstić information content (AvgIpc) is 3.00. The Morgan fingerprint density at radius 1 is 1.08 bits per heavy atom. The average molecular weight is 355 g/mol. The second-order valence-corrected chi connectivity index (χ2v) is 9.16. The van der Waals surface area contributed by atoms with Gasteiger partial charge in [0.15, 0.2) is 0 Å². The smallest absolute Gasteiger partial charge is 0.423 e. The Morgan fingerprint density at radius 3 is 2.04 bits per heavy atom. The van der Waals surface area contributed by atoms with E-state index < -0.39 is 28.3 Å². The van der Waals surface area contributed by atoms with E-state index >= 15 is 0 Å². The van der Waals surface area contributed by atoms with Crippen molar-refractivity contribution < 1.29 is 23.2 Å². The van der Waals surface area contributed by atoms with Gasteiger partial charge in [0.1, 0.15) is 0 Å². The molecule has 2 N–H and O–H groups in total. The van der Waals surface area contributed by atoms with Crippen LogP contribution in [0.5, 0.6) is 0 Å². The van der Waals surface area contributed by atoms with Gasteiger partial charge in [0.2, 0.25) is 10.0 Å². The van der Waals surface area contributed by atoms with Crippen molar-refractivity contribution in [3.63, 3.8) is 0 Å². The summed E-state index contributed by atoms with van der Waals surface area (Å²) in [4.78, 5) is 0.210. The number of hydrogen-bond donors (Lipinski definition) is 2. The van der Waals surface area contributed by atoms with Gasteiger partial charge >= 0.3 is 7.12 Å². The van der Waals surface area contributed by atoms with Crippen molar-refractivity contribution in [2.75, 3.05) is 13.1 Å². The van der Waals surface area contributed by atoms with Gasteiger partial charge in [-0.3, -0.25) is 0 Å². The molecule has 6 nitrogen and oxygen atoms in total. The molecule has 1 heterocycles. The van der Waals surface area contributed by atoms with Crippen LogP contribution in [0.25, 0.3) is 0 Å². The van der Waals surface area contributed by atoms with Crippen LogP contribution in [0.3, 0.4) is 0 Å². The Kier molecular flexibility index (Phi) is 5.47. The maximum atomic E-state index is 12.5. The molecule has 0 bridgehead atoms. The minimum Gasteiger partial charge on any atom is -0.423 e. The Labute approximate surface area is 144 Å². The van der Waals surface area contributed by atoms with Crippen molar-refractivity contribution >= 4 is 22.6 Å². The molecule has 0 atom stereocenters. The summed E-state index contributed by atoms with van der Waals surface area (Å²) < 4.78 is 32.0. The van der Waals surface area contributed by atoms with Crippen molar-refractivity contribution in [3.05, 3.63) is 24.3 Å². The highest BCUT2D eigenvalue weighted by Crippen LogP contribution is 2.25. The van der Waals surface area contributed by atoms with Gasteiger partial charge < -0.3 is 14.8 Å². The molecule has 24 heavy (non-hydrogen) atoms. The quantitative estimate of drug-likeness (QED) is 0.735. The van der Waals surface area contributed by atoms with Crippen molar-refractivity contribution in [2.45, 2.75) is 56.6 Å². The summed E-state index contributed by atoms with van der Waals surface area (Å²) in [6, 6.07) is 6.03. The molecule has 1 aromatic rings. The molecular weight excluding hydrogens is 329 g/mol. The van der Waals surface area contributed by atoms with E-state index in [9.17, 15) is 18.5 Å². The van der Waals surface area contributed by atoms with Crippen molar-refractivity contribution in [2.24, 2.45) is 0 Å². The summed E-state index contributed by atoms with van der Waals surface area (Å²) in [6.45, 7) is 7.67. The lowest BCUT2D eigenvalue weighted by Gasteiger charge is -2.38. The van der Waals surface area contributed by atoms with Crippen LogP contribution in [0.4, 0.5) is 0 Å². The van der Waals surface area contributed by atoms with E-state index in [4.69, 9.17) is 4.65 Å². The fourth-order valence-electron chi connectivity index (χ4n) is 2.37. The fraction of sp³-hybridized carbons (Fsp3) is 0.625. The number of rotatable bonds is 6. The van der Waals surface area contributed by atoms with Crippen LogP contribution in [0, 0.1) is 0 Å².